The molecule has 27 heavy (non-hydrogen) atoms. The quantitative estimate of drug-likeness (QED) is 0.631. The maximum atomic E-state index is 6.26. The highest BCUT2D eigenvalue weighted by Gasteiger charge is 2.43. The van der Waals surface area contributed by atoms with Gasteiger partial charge >= 0.3 is 0 Å². The third-order valence-corrected chi connectivity index (χ3v) is 6.30. The van der Waals surface area contributed by atoms with E-state index in [-0.39, 0.29) is 5.54 Å². The molecule has 2 fully saturated rings. The van der Waals surface area contributed by atoms with E-state index >= 15 is 0 Å². The first-order valence-electron chi connectivity index (χ1n) is 10.5. The van der Waals surface area contributed by atoms with E-state index in [9.17, 15) is 0 Å². The fourth-order valence-electron chi connectivity index (χ4n) is 5.38. The summed E-state index contributed by atoms with van der Waals surface area (Å²) in [5.41, 5.74) is 2.14. The maximum Gasteiger partial charge on any atom is 0.168 e. The van der Waals surface area contributed by atoms with Crippen LogP contribution in [-0.2, 0) is 6.54 Å². The van der Waals surface area contributed by atoms with Gasteiger partial charge in [0.15, 0.2) is 5.76 Å². The Morgan fingerprint density at radius 2 is 1.78 bits per heavy atom. The molecule has 0 spiro atoms. The molecule has 2 aliphatic rings. The molecule has 1 N–H and O–H groups in total. The second-order valence-electron chi connectivity index (χ2n) is 8.46. The van der Waals surface area contributed by atoms with Crippen LogP contribution in [0.2, 0.25) is 5.02 Å². The zero-order valence-corrected chi connectivity index (χ0v) is 17.9. The van der Waals surface area contributed by atoms with Crippen molar-refractivity contribution in [2.75, 3.05) is 0 Å². The normalized spacial score (nSPS) is 29.7. The molecule has 0 saturated heterocycles. The SMILES string of the molecule is CC.CC1CC2CC(C)CC(NCc3cc(-c4ccccc4Cl)on3)(C1)C2. The summed E-state index contributed by atoms with van der Waals surface area (Å²) in [4.78, 5) is 0. The van der Waals surface area contributed by atoms with Crippen molar-refractivity contribution in [1.82, 2.24) is 10.5 Å². The summed E-state index contributed by atoms with van der Waals surface area (Å²) in [5.74, 6) is 3.26. The average Bonchev–Trinajstić information content (AvgIpc) is 3.10. The molecular formula is C23H33ClN2O. The monoisotopic (exact) mass is 388 g/mol. The Morgan fingerprint density at radius 3 is 2.44 bits per heavy atom. The van der Waals surface area contributed by atoms with Crippen molar-refractivity contribution < 1.29 is 4.52 Å². The molecule has 1 aromatic heterocycles. The lowest BCUT2D eigenvalue weighted by Crippen LogP contribution is -2.54. The Kier molecular flexibility index (Phi) is 6.65. The van der Waals surface area contributed by atoms with Crippen molar-refractivity contribution in [3.63, 3.8) is 0 Å². The topological polar surface area (TPSA) is 38.1 Å². The lowest BCUT2D eigenvalue weighted by atomic mass is 9.61. The van der Waals surface area contributed by atoms with Crippen LogP contribution in [0.15, 0.2) is 34.9 Å². The molecule has 0 amide bonds. The number of benzene rings is 1. The minimum atomic E-state index is 0.281. The van der Waals surface area contributed by atoms with Crippen LogP contribution in [-0.4, -0.2) is 10.7 Å². The Labute approximate surface area is 168 Å². The van der Waals surface area contributed by atoms with E-state index in [2.05, 4.69) is 24.3 Å². The molecule has 148 valence electrons. The largest absolute Gasteiger partial charge is 0.356 e. The second kappa shape index (κ2) is 8.79. The van der Waals surface area contributed by atoms with Crippen molar-refractivity contribution in [2.45, 2.75) is 71.9 Å². The van der Waals surface area contributed by atoms with Gasteiger partial charge in [-0.3, -0.25) is 0 Å². The van der Waals surface area contributed by atoms with Crippen LogP contribution in [0.3, 0.4) is 0 Å². The lowest BCUT2D eigenvalue weighted by molar-refractivity contribution is 0.0538. The van der Waals surface area contributed by atoms with Crippen molar-refractivity contribution in [3.8, 4) is 11.3 Å². The van der Waals surface area contributed by atoms with Gasteiger partial charge in [-0.25, -0.2) is 0 Å². The summed E-state index contributed by atoms with van der Waals surface area (Å²) >= 11 is 6.26. The predicted octanol–water partition coefficient (Wildman–Crippen LogP) is 6.72. The van der Waals surface area contributed by atoms with Crippen molar-refractivity contribution in [2.24, 2.45) is 17.8 Å². The summed E-state index contributed by atoms with van der Waals surface area (Å²) in [5, 5.41) is 8.83. The van der Waals surface area contributed by atoms with Gasteiger partial charge < -0.3 is 9.84 Å². The van der Waals surface area contributed by atoms with Gasteiger partial charge in [0.1, 0.15) is 0 Å². The Balaban J connectivity index is 0.00000102. The molecule has 4 rings (SSSR count). The lowest BCUT2D eigenvalue weighted by Gasteiger charge is -2.50. The summed E-state index contributed by atoms with van der Waals surface area (Å²) in [6.45, 7) is 9.58. The van der Waals surface area contributed by atoms with Crippen LogP contribution < -0.4 is 5.32 Å². The van der Waals surface area contributed by atoms with Gasteiger partial charge in [0.2, 0.25) is 0 Å². The molecule has 0 radical (unpaired) electrons. The summed E-state index contributed by atoms with van der Waals surface area (Å²) in [7, 11) is 0. The summed E-state index contributed by atoms with van der Waals surface area (Å²) in [6, 6.07) is 9.75. The van der Waals surface area contributed by atoms with Crippen LogP contribution in [0.25, 0.3) is 11.3 Å². The Morgan fingerprint density at radius 1 is 1.11 bits per heavy atom. The molecule has 0 aliphatic heterocycles. The van der Waals surface area contributed by atoms with E-state index in [4.69, 9.17) is 16.1 Å². The smallest absolute Gasteiger partial charge is 0.168 e. The van der Waals surface area contributed by atoms with E-state index in [0.717, 1.165) is 41.3 Å². The van der Waals surface area contributed by atoms with E-state index < -0.39 is 0 Å². The van der Waals surface area contributed by atoms with Crippen LogP contribution in [0.1, 0.15) is 65.5 Å². The highest BCUT2D eigenvalue weighted by Crippen LogP contribution is 2.47. The van der Waals surface area contributed by atoms with E-state index in [0.29, 0.717) is 5.02 Å². The third kappa shape index (κ3) is 4.75. The third-order valence-electron chi connectivity index (χ3n) is 5.97. The number of nitrogens with one attached hydrogen (secondary N) is 1. The first-order chi connectivity index (χ1) is 13.0. The zero-order chi connectivity index (χ0) is 19.4. The van der Waals surface area contributed by atoms with Crippen molar-refractivity contribution in [1.29, 1.82) is 0 Å². The van der Waals surface area contributed by atoms with Gasteiger partial charge in [0.25, 0.3) is 0 Å². The average molecular weight is 389 g/mol. The van der Waals surface area contributed by atoms with Gasteiger partial charge in [-0.1, -0.05) is 56.6 Å². The van der Waals surface area contributed by atoms with Gasteiger partial charge in [-0.2, -0.15) is 0 Å². The first-order valence-corrected chi connectivity index (χ1v) is 10.9. The molecule has 3 nitrogen and oxygen atoms in total. The van der Waals surface area contributed by atoms with Crippen LogP contribution >= 0.6 is 11.6 Å². The van der Waals surface area contributed by atoms with Crippen LogP contribution in [0, 0.1) is 17.8 Å². The number of nitrogens with zero attached hydrogens (tertiary/aromatic N) is 1. The Hall–Kier alpha value is -1.32. The molecular weight excluding hydrogens is 356 g/mol. The minimum Gasteiger partial charge on any atom is -0.356 e. The number of fused-ring (bicyclic) bond motifs is 2. The first kappa shape index (κ1) is 20.4. The zero-order valence-electron chi connectivity index (χ0n) is 17.1. The standard InChI is InChI=1S/C21H27ClN2O.C2H6/c1-14-7-16-8-15(2)11-21(10-14,12-16)23-13-17-9-20(25-24-17)18-5-3-4-6-19(18)22;1-2/h3-6,9,14-16,23H,7-8,10-13H2,1-2H3;1-2H3. The fraction of sp³-hybridized carbons (Fsp3) is 0.609. The molecule has 2 bridgehead atoms. The number of hydrogen-bond donors (Lipinski definition) is 1. The van der Waals surface area contributed by atoms with Crippen molar-refractivity contribution in [3.05, 3.63) is 41.0 Å². The van der Waals surface area contributed by atoms with Gasteiger partial charge in [0, 0.05) is 23.7 Å². The van der Waals surface area contributed by atoms with E-state index in [1.54, 1.807) is 0 Å². The minimum absolute atomic E-state index is 0.281. The molecule has 1 aromatic carbocycles. The van der Waals surface area contributed by atoms with Crippen LogP contribution in [0.4, 0.5) is 0 Å². The molecule has 4 heteroatoms. The van der Waals surface area contributed by atoms with Crippen LogP contribution in [0.5, 0.6) is 0 Å². The van der Waals surface area contributed by atoms with Gasteiger partial charge in [-0.05, 0) is 62.0 Å². The maximum absolute atomic E-state index is 6.26. The highest BCUT2D eigenvalue weighted by atomic mass is 35.5. The summed E-state index contributed by atoms with van der Waals surface area (Å²) < 4.78 is 5.54. The molecule has 2 atom stereocenters. The predicted molar refractivity (Wildman–Crippen MR) is 113 cm³/mol. The highest BCUT2D eigenvalue weighted by molar-refractivity contribution is 6.33. The number of aromatic nitrogens is 1. The molecule has 2 saturated carbocycles. The summed E-state index contributed by atoms with van der Waals surface area (Å²) in [6.07, 6.45) is 6.67. The fourth-order valence-corrected chi connectivity index (χ4v) is 5.61. The van der Waals surface area contributed by atoms with Gasteiger partial charge in [0.05, 0.1) is 10.7 Å². The second-order valence-corrected chi connectivity index (χ2v) is 8.86. The number of halogens is 1. The molecule has 2 unspecified atom stereocenters. The van der Waals surface area contributed by atoms with Gasteiger partial charge in [-0.15, -0.1) is 0 Å². The Bertz CT molecular complexity index is 722. The number of hydrogen-bond acceptors (Lipinski definition) is 3. The molecule has 2 aromatic rings. The number of rotatable bonds is 4. The molecule has 2 aliphatic carbocycles. The van der Waals surface area contributed by atoms with Crippen molar-refractivity contribution >= 4 is 11.6 Å². The van der Waals surface area contributed by atoms with E-state index in [1.165, 1.54) is 32.1 Å². The van der Waals surface area contributed by atoms with E-state index in [1.807, 2.05) is 44.2 Å². The molecule has 1 heterocycles.